The van der Waals surface area contributed by atoms with Gasteiger partial charge in [0.1, 0.15) is 17.5 Å². The van der Waals surface area contributed by atoms with Crippen molar-refractivity contribution in [2.24, 2.45) is 0 Å². The lowest BCUT2D eigenvalue weighted by Crippen LogP contribution is -2.05. The van der Waals surface area contributed by atoms with E-state index in [9.17, 15) is 8.78 Å². The van der Waals surface area contributed by atoms with Gasteiger partial charge in [0, 0.05) is 11.6 Å². The molecule has 0 spiro atoms. The predicted molar refractivity (Wildman–Crippen MR) is 77.5 cm³/mol. The molecule has 5 heteroatoms. The molecule has 0 amide bonds. The maximum Gasteiger partial charge on any atom is 0.132 e. The molecule has 3 rings (SSSR count). The first-order chi connectivity index (χ1) is 10.1. The van der Waals surface area contributed by atoms with Crippen LogP contribution < -0.4 is 5.73 Å². The zero-order valence-corrected chi connectivity index (χ0v) is 11.1. The van der Waals surface area contributed by atoms with E-state index in [4.69, 9.17) is 5.73 Å². The van der Waals surface area contributed by atoms with Gasteiger partial charge in [-0.25, -0.2) is 13.5 Å². The Labute approximate surface area is 120 Å². The summed E-state index contributed by atoms with van der Waals surface area (Å²) in [5, 5.41) is 4.26. The van der Waals surface area contributed by atoms with Gasteiger partial charge in [0.25, 0.3) is 0 Å². The topological polar surface area (TPSA) is 43.8 Å². The van der Waals surface area contributed by atoms with E-state index in [0.29, 0.717) is 18.1 Å². The van der Waals surface area contributed by atoms with E-state index in [2.05, 4.69) is 5.10 Å². The monoisotopic (exact) mass is 285 g/mol. The van der Waals surface area contributed by atoms with Crippen molar-refractivity contribution in [2.45, 2.75) is 6.54 Å². The number of hydrogen-bond donors (Lipinski definition) is 1. The van der Waals surface area contributed by atoms with Crippen molar-refractivity contribution in [3.63, 3.8) is 0 Å². The van der Waals surface area contributed by atoms with Crippen molar-refractivity contribution < 1.29 is 8.78 Å². The molecular formula is C16H13F2N3. The van der Waals surface area contributed by atoms with Crippen LogP contribution in [0.25, 0.3) is 11.3 Å². The summed E-state index contributed by atoms with van der Waals surface area (Å²) in [6, 6.07) is 14.5. The van der Waals surface area contributed by atoms with E-state index in [0.717, 1.165) is 23.8 Å². The van der Waals surface area contributed by atoms with Crippen LogP contribution in [0.4, 0.5) is 14.6 Å². The highest BCUT2D eigenvalue weighted by atomic mass is 19.1. The van der Waals surface area contributed by atoms with Crippen LogP contribution in [-0.2, 0) is 6.54 Å². The van der Waals surface area contributed by atoms with Crippen LogP contribution in [0.5, 0.6) is 0 Å². The molecule has 2 aromatic carbocycles. The number of anilines is 1. The fourth-order valence-electron chi connectivity index (χ4n) is 2.14. The number of rotatable bonds is 3. The normalized spacial score (nSPS) is 10.8. The van der Waals surface area contributed by atoms with Crippen molar-refractivity contribution in [3.8, 4) is 11.3 Å². The second kappa shape index (κ2) is 5.36. The molecule has 0 aliphatic heterocycles. The third kappa shape index (κ3) is 2.76. The summed E-state index contributed by atoms with van der Waals surface area (Å²) in [5.41, 5.74) is 7.35. The SMILES string of the molecule is Nc1cc(-c2cc(F)ccc2F)nn1Cc1ccccc1. The summed E-state index contributed by atoms with van der Waals surface area (Å²) in [4.78, 5) is 0. The lowest BCUT2D eigenvalue weighted by Gasteiger charge is -2.04. The van der Waals surface area contributed by atoms with Gasteiger partial charge in [0.05, 0.1) is 12.2 Å². The third-order valence-corrected chi connectivity index (χ3v) is 3.19. The van der Waals surface area contributed by atoms with Gasteiger partial charge in [-0.3, -0.25) is 0 Å². The second-order valence-corrected chi connectivity index (χ2v) is 4.72. The molecule has 106 valence electrons. The third-order valence-electron chi connectivity index (χ3n) is 3.19. The van der Waals surface area contributed by atoms with Crippen LogP contribution >= 0.6 is 0 Å². The Morgan fingerprint density at radius 3 is 2.52 bits per heavy atom. The first-order valence-corrected chi connectivity index (χ1v) is 6.46. The van der Waals surface area contributed by atoms with Gasteiger partial charge >= 0.3 is 0 Å². The zero-order valence-electron chi connectivity index (χ0n) is 11.1. The number of halogens is 2. The molecule has 0 saturated heterocycles. The maximum atomic E-state index is 13.8. The van der Waals surface area contributed by atoms with Gasteiger partial charge in [-0.1, -0.05) is 30.3 Å². The minimum atomic E-state index is -0.527. The fourth-order valence-corrected chi connectivity index (χ4v) is 2.14. The number of nitrogens with two attached hydrogens (primary N) is 1. The Kier molecular flexibility index (Phi) is 3.39. The number of nitrogen functional groups attached to an aromatic ring is 1. The van der Waals surface area contributed by atoms with E-state index in [1.165, 1.54) is 0 Å². The highest BCUT2D eigenvalue weighted by Crippen LogP contribution is 2.24. The molecule has 1 heterocycles. The van der Waals surface area contributed by atoms with Crippen molar-refractivity contribution in [2.75, 3.05) is 5.73 Å². The van der Waals surface area contributed by atoms with Crippen LogP contribution in [0.2, 0.25) is 0 Å². The van der Waals surface area contributed by atoms with Crippen molar-refractivity contribution in [3.05, 3.63) is 71.8 Å². The largest absolute Gasteiger partial charge is 0.384 e. The van der Waals surface area contributed by atoms with Crippen molar-refractivity contribution in [1.82, 2.24) is 9.78 Å². The molecular weight excluding hydrogens is 272 g/mol. The summed E-state index contributed by atoms with van der Waals surface area (Å²) >= 11 is 0. The second-order valence-electron chi connectivity index (χ2n) is 4.72. The van der Waals surface area contributed by atoms with Crippen LogP contribution in [0.3, 0.4) is 0 Å². The predicted octanol–water partition coefficient (Wildman–Crippen LogP) is 3.46. The number of nitrogens with zero attached hydrogens (tertiary/aromatic N) is 2. The quantitative estimate of drug-likeness (QED) is 0.801. The highest BCUT2D eigenvalue weighted by Gasteiger charge is 2.12. The standard InChI is InChI=1S/C16H13F2N3/c17-12-6-7-14(18)13(8-12)15-9-16(19)21(20-15)10-11-4-2-1-3-5-11/h1-9H,10,19H2. The van der Waals surface area contributed by atoms with Gasteiger partial charge in [-0.2, -0.15) is 5.10 Å². The van der Waals surface area contributed by atoms with E-state index in [-0.39, 0.29) is 5.56 Å². The molecule has 0 saturated carbocycles. The molecule has 3 aromatic rings. The molecule has 21 heavy (non-hydrogen) atoms. The van der Waals surface area contributed by atoms with Crippen molar-refractivity contribution in [1.29, 1.82) is 0 Å². The van der Waals surface area contributed by atoms with Gasteiger partial charge in [0.2, 0.25) is 0 Å². The number of hydrogen-bond acceptors (Lipinski definition) is 2. The Morgan fingerprint density at radius 2 is 1.76 bits per heavy atom. The molecule has 2 N–H and O–H groups in total. The van der Waals surface area contributed by atoms with Gasteiger partial charge in [-0.05, 0) is 23.8 Å². The molecule has 0 fully saturated rings. The van der Waals surface area contributed by atoms with Gasteiger partial charge < -0.3 is 5.73 Å². The molecule has 0 atom stereocenters. The summed E-state index contributed by atoms with van der Waals surface area (Å²) < 4.78 is 28.6. The summed E-state index contributed by atoms with van der Waals surface area (Å²) in [6.07, 6.45) is 0. The Hall–Kier alpha value is -2.69. The lowest BCUT2D eigenvalue weighted by atomic mass is 10.1. The highest BCUT2D eigenvalue weighted by molar-refractivity contribution is 5.63. The smallest absolute Gasteiger partial charge is 0.132 e. The van der Waals surface area contributed by atoms with Crippen molar-refractivity contribution >= 4 is 5.82 Å². The zero-order chi connectivity index (χ0) is 14.8. The van der Waals surface area contributed by atoms with Crippen LogP contribution in [0.1, 0.15) is 5.56 Å². The lowest BCUT2D eigenvalue weighted by molar-refractivity contribution is 0.601. The summed E-state index contributed by atoms with van der Waals surface area (Å²) in [6.45, 7) is 0.476. The molecule has 0 bridgehead atoms. The van der Waals surface area contributed by atoms with Crippen LogP contribution in [0, 0.1) is 11.6 Å². The minimum absolute atomic E-state index is 0.105. The van der Waals surface area contributed by atoms with E-state index in [1.54, 1.807) is 10.7 Å². The van der Waals surface area contributed by atoms with Gasteiger partial charge in [-0.15, -0.1) is 0 Å². The molecule has 0 radical (unpaired) electrons. The van der Waals surface area contributed by atoms with Crippen LogP contribution in [0.15, 0.2) is 54.6 Å². The maximum absolute atomic E-state index is 13.8. The average molecular weight is 285 g/mol. The van der Waals surface area contributed by atoms with E-state index in [1.807, 2.05) is 30.3 Å². The summed E-state index contributed by atoms with van der Waals surface area (Å²) in [7, 11) is 0. The Balaban J connectivity index is 1.96. The van der Waals surface area contributed by atoms with Crippen LogP contribution in [-0.4, -0.2) is 9.78 Å². The first kappa shape index (κ1) is 13.3. The molecule has 0 aliphatic rings. The molecule has 0 unspecified atom stereocenters. The first-order valence-electron chi connectivity index (χ1n) is 6.46. The fraction of sp³-hybridized carbons (Fsp3) is 0.0625. The Bertz CT molecular complexity index is 766. The average Bonchev–Trinajstić information content (AvgIpc) is 2.84. The molecule has 1 aromatic heterocycles. The minimum Gasteiger partial charge on any atom is -0.384 e. The van der Waals surface area contributed by atoms with E-state index < -0.39 is 11.6 Å². The number of benzene rings is 2. The van der Waals surface area contributed by atoms with E-state index >= 15 is 0 Å². The summed E-state index contributed by atoms with van der Waals surface area (Å²) in [5.74, 6) is -0.638. The molecule has 0 aliphatic carbocycles. The Morgan fingerprint density at radius 1 is 1.00 bits per heavy atom. The number of aromatic nitrogens is 2. The van der Waals surface area contributed by atoms with Gasteiger partial charge in [0.15, 0.2) is 0 Å². The molecule has 3 nitrogen and oxygen atoms in total.